The molecule has 18 heavy (non-hydrogen) atoms. The Hall–Kier alpha value is -2.07. The van der Waals surface area contributed by atoms with Gasteiger partial charge in [0.2, 0.25) is 0 Å². The number of aromatic nitrogens is 3. The van der Waals surface area contributed by atoms with Crippen molar-refractivity contribution in [3.8, 4) is 11.1 Å². The van der Waals surface area contributed by atoms with Crippen LogP contribution in [0.2, 0.25) is 0 Å². The first-order valence-electron chi connectivity index (χ1n) is 6.01. The molecule has 0 spiro atoms. The number of benzene rings is 1. The number of hydrogen-bond donors (Lipinski definition) is 2. The molecule has 1 aromatic carbocycles. The maximum Gasteiger partial charge on any atom is 0.0595 e. The summed E-state index contributed by atoms with van der Waals surface area (Å²) < 4.78 is 1.84. The molecule has 0 radical (unpaired) electrons. The lowest BCUT2D eigenvalue weighted by atomic mass is 10.0. The summed E-state index contributed by atoms with van der Waals surface area (Å²) in [6.07, 6.45) is 1.89. The Morgan fingerprint density at radius 1 is 1.33 bits per heavy atom. The third-order valence-electron chi connectivity index (χ3n) is 3.42. The lowest BCUT2D eigenvalue weighted by Gasteiger charge is -2.03. The molecule has 3 aromatic rings. The topological polar surface area (TPSA) is 59.6 Å². The summed E-state index contributed by atoms with van der Waals surface area (Å²) in [5.74, 6) is 0. The molecule has 3 N–H and O–H groups in total. The third-order valence-corrected chi connectivity index (χ3v) is 3.42. The van der Waals surface area contributed by atoms with Gasteiger partial charge in [-0.15, -0.1) is 0 Å². The van der Waals surface area contributed by atoms with Crippen LogP contribution in [0.3, 0.4) is 0 Å². The molecule has 3 rings (SSSR count). The molecule has 0 saturated carbocycles. The lowest BCUT2D eigenvalue weighted by Crippen LogP contribution is -2.05. The van der Waals surface area contributed by atoms with Gasteiger partial charge in [-0.2, -0.15) is 5.10 Å². The summed E-state index contributed by atoms with van der Waals surface area (Å²) >= 11 is 0. The van der Waals surface area contributed by atoms with Gasteiger partial charge in [-0.3, -0.25) is 4.68 Å². The van der Waals surface area contributed by atoms with Crippen LogP contribution in [0.25, 0.3) is 22.0 Å². The quantitative estimate of drug-likeness (QED) is 0.722. The normalized spacial score (nSPS) is 11.3. The van der Waals surface area contributed by atoms with E-state index in [1.54, 1.807) is 0 Å². The Kier molecular flexibility index (Phi) is 2.45. The van der Waals surface area contributed by atoms with E-state index in [4.69, 9.17) is 5.73 Å². The molecule has 0 fully saturated rings. The van der Waals surface area contributed by atoms with Crippen molar-refractivity contribution in [1.29, 1.82) is 0 Å². The molecule has 0 unspecified atom stereocenters. The number of nitrogens with two attached hydrogens (primary N) is 1. The van der Waals surface area contributed by atoms with Crippen LogP contribution in [0.4, 0.5) is 0 Å². The van der Waals surface area contributed by atoms with Crippen molar-refractivity contribution >= 4 is 10.9 Å². The van der Waals surface area contributed by atoms with E-state index in [1.165, 1.54) is 10.9 Å². The summed E-state index contributed by atoms with van der Waals surface area (Å²) in [7, 11) is 1.93. The second kappa shape index (κ2) is 3.99. The van der Waals surface area contributed by atoms with Crippen LogP contribution in [0.15, 0.2) is 30.5 Å². The van der Waals surface area contributed by atoms with Crippen molar-refractivity contribution in [2.24, 2.45) is 12.8 Å². The second-order valence-electron chi connectivity index (χ2n) is 4.50. The Morgan fingerprint density at radius 2 is 2.11 bits per heavy atom. The fourth-order valence-corrected chi connectivity index (χ4v) is 2.54. The zero-order valence-corrected chi connectivity index (χ0v) is 10.6. The molecule has 4 nitrogen and oxygen atoms in total. The Bertz CT molecular complexity index is 706. The monoisotopic (exact) mass is 240 g/mol. The summed E-state index contributed by atoms with van der Waals surface area (Å²) in [6.45, 7) is 2.58. The van der Waals surface area contributed by atoms with E-state index in [0.717, 1.165) is 22.5 Å². The van der Waals surface area contributed by atoms with Gasteiger partial charge in [0.15, 0.2) is 0 Å². The van der Waals surface area contributed by atoms with Crippen LogP contribution < -0.4 is 5.73 Å². The van der Waals surface area contributed by atoms with Gasteiger partial charge >= 0.3 is 0 Å². The third kappa shape index (κ3) is 1.46. The van der Waals surface area contributed by atoms with Gasteiger partial charge in [-0.05, 0) is 13.0 Å². The van der Waals surface area contributed by atoms with Crippen molar-refractivity contribution in [1.82, 2.24) is 14.8 Å². The van der Waals surface area contributed by atoms with E-state index in [2.05, 4.69) is 35.2 Å². The van der Waals surface area contributed by atoms with Gasteiger partial charge in [0, 0.05) is 41.3 Å². The average molecular weight is 240 g/mol. The molecule has 0 aliphatic carbocycles. The molecule has 0 aliphatic rings. The maximum atomic E-state index is 5.83. The molecular weight excluding hydrogens is 224 g/mol. The fourth-order valence-electron chi connectivity index (χ4n) is 2.54. The molecule has 0 aliphatic heterocycles. The SMILES string of the molecule is Cc1[nH]c2ccccc2c1-c1cnn(C)c1CN. The van der Waals surface area contributed by atoms with Gasteiger partial charge in [-0.25, -0.2) is 0 Å². The summed E-state index contributed by atoms with van der Waals surface area (Å²) in [6, 6.07) is 8.30. The molecule has 92 valence electrons. The molecule has 2 heterocycles. The van der Waals surface area contributed by atoms with Crippen molar-refractivity contribution in [2.45, 2.75) is 13.5 Å². The highest BCUT2D eigenvalue weighted by Crippen LogP contribution is 2.33. The van der Waals surface area contributed by atoms with Crippen LogP contribution in [0.5, 0.6) is 0 Å². The van der Waals surface area contributed by atoms with Crippen molar-refractivity contribution in [3.63, 3.8) is 0 Å². The number of H-pyrrole nitrogens is 1. The van der Waals surface area contributed by atoms with Gasteiger partial charge in [0.25, 0.3) is 0 Å². The molecule has 4 heteroatoms. The van der Waals surface area contributed by atoms with Crippen LogP contribution in [0.1, 0.15) is 11.4 Å². The predicted octanol–water partition coefficient (Wildman–Crippen LogP) is 2.34. The fraction of sp³-hybridized carbons (Fsp3) is 0.214. The first-order valence-corrected chi connectivity index (χ1v) is 6.01. The summed E-state index contributed by atoms with van der Waals surface area (Å²) in [5.41, 5.74) is 11.5. The highest BCUT2D eigenvalue weighted by molar-refractivity contribution is 5.97. The highest BCUT2D eigenvalue weighted by atomic mass is 15.3. The maximum absolute atomic E-state index is 5.83. The van der Waals surface area contributed by atoms with Crippen molar-refractivity contribution < 1.29 is 0 Å². The summed E-state index contributed by atoms with van der Waals surface area (Å²) in [4.78, 5) is 3.41. The number of hydrogen-bond acceptors (Lipinski definition) is 2. The second-order valence-corrected chi connectivity index (χ2v) is 4.50. The number of para-hydroxylation sites is 1. The first kappa shape index (κ1) is 11.0. The van der Waals surface area contributed by atoms with E-state index in [1.807, 2.05) is 24.0 Å². The molecule has 0 atom stereocenters. The van der Waals surface area contributed by atoms with Crippen molar-refractivity contribution in [2.75, 3.05) is 0 Å². The number of aryl methyl sites for hydroxylation is 2. The van der Waals surface area contributed by atoms with Crippen LogP contribution in [0, 0.1) is 6.92 Å². The minimum absolute atomic E-state index is 0.491. The minimum atomic E-state index is 0.491. The standard InChI is InChI=1S/C14H16N4/c1-9-14(10-5-3-4-6-12(10)17-9)11-8-16-18(2)13(11)7-15/h3-6,8,17H,7,15H2,1-2H3. The number of rotatable bonds is 2. The van der Waals surface area contributed by atoms with Gasteiger partial charge in [0.1, 0.15) is 0 Å². The van der Waals surface area contributed by atoms with E-state index >= 15 is 0 Å². The molecule has 0 amide bonds. The Balaban J connectivity index is 2.34. The van der Waals surface area contributed by atoms with Crippen LogP contribution in [-0.4, -0.2) is 14.8 Å². The van der Waals surface area contributed by atoms with E-state index in [0.29, 0.717) is 6.54 Å². The van der Waals surface area contributed by atoms with E-state index < -0.39 is 0 Å². The van der Waals surface area contributed by atoms with E-state index in [9.17, 15) is 0 Å². The van der Waals surface area contributed by atoms with Crippen molar-refractivity contribution in [3.05, 3.63) is 41.9 Å². The minimum Gasteiger partial charge on any atom is -0.358 e. The average Bonchev–Trinajstić information content (AvgIpc) is 2.88. The zero-order valence-electron chi connectivity index (χ0n) is 10.6. The number of fused-ring (bicyclic) bond motifs is 1. The Labute approximate surface area is 105 Å². The molecule has 0 bridgehead atoms. The Morgan fingerprint density at radius 3 is 2.89 bits per heavy atom. The van der Waals surface area contributed by atoms with Gasteiger partial charge in [0.05, 0.1) is 11.9 Å². The smallest absolute Gasteiger partial charge is 0.0595 e. The zero-order chi connectivity index (χ0) is 12.7. The molecule has 2 aromatic heterocycles. The molecule has 0 saturated heterocycles. The largest absolute Gasteiger partial charge is 0.358 e. The number of nitrogens with zero attached hydrogens (tertiary/aromatic N) is 2. The van der Waals surface area contributed by atoms with Crippen LogP contribution >= 0.6 is 0 Å². The van der Waals surface area contributed by atoms with Crippen LogP contribution in [-0.2, 0) is 13.6 Å². The summed E-state index contributed by atoms with van der Waals surface area (Å²) in [5, 5.41) is 5.53. The van der Waals surface area contributed by atoms with E-state index in [-0.39, 0.29) is 0 Å². The first-order chi connectivity index (χ1) is 8.72. The molecular formula is C14H16N4. The predicted molar refractivity (Wildman–Crippen MR) is 73.1 cm³/mol. The number of nitrogens with one attached hydrogen (secondary N) is 1. The highest BCUT2D eigenvalue weighted by Gasteiger charge is 2.15. The lowest BCUT2D eigenvalue weighted by molar-refractivity contribution is 0.713. The van der Waals surface area contributed by atoms with Gasteiger partial charge < -0.3 is 10.7 Å². The number of aromatic amines is 1. The van der Waals surface area contributed by atoms with Gasteiger partial charge in [-0.1, -0.05) is 18.2 Å².